The van der Waals surface area contributed by atoms with Crippen LogP contribution in [0.25, 0.3) is 0 Å². The van der Waals surface area contributed by atoms with Crippen LogP contribution in [0.5, 0.6) is 0 Å². The molecule has 2 N–H and O–H groups in total. The third kappa shape index (κ3) is 2.30. The van der Waals surface area contributed by atoms with Gasteiger partial charge in [0.05, 0.1) is 6.61 Å². The van der Waals surface area contributed by atoms with Crippen LogP contribution in [-0.2, 0) is 15.7 Å². The van der Waals surface area contributed by atoms with E-state index in [4.69, 9.17) is 5.84 Å². The standard InChI is InChI=1S/C7H7F3N4O2S/c8-7(9,10)5-12-13-6(14(5)11)17-3-1-2-16-4(3)15/h3H,1-2,11H2/t3-/m1/s1. The summed E-state index contributed by atoms with van der Waals surface area (Å²) in [6, 6.07) is 0. The van der Waals surface area contributed by atoms with Gasteiger partial charge in [-0.2, -0.15) is 13.2 Å². The molecule has 17 heavy (non-hydrogen) atoms. The van der Waals surface area contributed by atoms with Crippen molar-refractivity contribution in [3.63, 3.8) is 0 Å². The number of nitrogen functional groups attached to an aromatic ring is 1. The van der Waals surface area contributed by atoms with E-state index < -0.39 is 23.2 Å². The van der Waals surface area contributed by atoms with Crippen molar-refractivity contribution in [3.8, 4) is 0 Å². The van der Waals surface area contributed by atoms with E-state index in [2.05, 4.69) is 14.9 Å². The molecule has 0 radical (unpaired) electrons. The van der Waals surface area contributed by atoms with Crippen molar-refractivity contribution in [3.05, 3.63) is 5.82 Å². The molecule has 1 aliphatic rings. The van der Waals surface area contributed by atoms with Gasteiger partial charge in [0.25, 0.3) is 5.82 Å². The molecule has 6 nitrogen and oxygen atoms in total. The van der Waals surface area contributed by atoms with Crippen molar-refractivity contribution in [2.24, 2.45) is 0 Å². The largest absolute Gasteiger partial charge is 0.465 e. The smallest absolute Gasteiger partial charge is 0.453 e. The summed E-state index contributed by atoms with van der Waals surface area (Å²) in [4.78, 5) is 11.1. The molecule has 0 aliphatic carbocycles. The zero-order valence-corrected chi connectivity index (χ0v) is 9.09. The van der Waals surface area contributed by atoms with Gasteiger partial charge in [0, 0.05) is 6.42 Å². The summed E-state index contributed by atoms with van der Waals surface area (Å²) in [6.45, 7) is 0.251. The van der Waals surface area contributed by atoms with Crippen LogP contribution < -0.4 is 5.84 Å². The Hall–Kier alpha value is -1.45. The molecule has 0 bridgehead atoms. The summed E-state index contributed by atoms with van der Waals surface area (Å²) in [6.07, 6.45) is -4.26. The van der Waals surface area contributed by atoms with E-state index in [1.807, 2.05) is 0 Å². The molecular formula is C7H7F3N4O2S. The Bertz CT molecular complexity index is 447. The summed E-state index contributed by atoms with van der Waals surface area (Å²) in [5, 5.41) is 5.50. The topological polar surface area (TPSA) is 83.0 Å². The molecule has 10 heteroatoms. The third-order valence-corrected chi connectivity index (χ3v) is 3.25. The average molecular weight is 268 g/mol. The Kier molecular flexibility index (Phi) is 2.89. The van der Waals surface area contributed by atoms with Crippen molar-refractivity contribution in [2.75, 3.05) is 12.4 Å². The molecule has 1 aromatic heterocycles. The van der Waals surface area contributed by atoms with Gasteiger partial charge >= 0.3 is 12.1 Å². The first kappa shape index (κ1) is 12.0. The van der Waals surface area contributed by atoms with Gasteiger partial charge in [0.2, 0.25) is 5.16 Å². The number of hydrogen-bond acceptors (Lipinski definition) is 6. The first-order valence-corrected chi connectivity index (χ1v) is 5.38. The minimum absolute atomic E-state index is 0.166. The lowest BCUT2D eigenvalue weighted by atomic mass is 10.4. The Labute approximate surface area is 97.3 Å². The van der Waals surface area contributed by atoms with Gasteiger partial charge in [-0.15, -0.1) is 10.2 Å². The molecule has 0 spiro atoms. The molecule has 2 rings (SSSR count). The van der Waals surface area contributed by atoms with E-state index in [0.29, 0.717) is 11.1 Å². The molecule has 94 valence electrons. The van der Waals surface area contributed by atoms with E-state index in [1.165, 1.54) is 0 Å². The number of hydrogen-bond donors (Lipinski definition) is 1. The number of thioether (sulfide) groups is 1. The summed E-state index contributed by atoms with van der Waals surface area (Å²) < 4.78 is 42.0. The molecule has 1 aliphatic heterocycles. The molecule has 1 saturated heterocycles. The van der Waals surface area contributed by atoms with Crippen LogP contribution >= 0.6 is 11.8 Å². The van der Waals surface area contributed by atoms with E-state index in [0.717, 1.165) is 11.8 Å². The van der Waals surface area contributed by atoms with Crippen molar-refractivity contribution in [2.45, 2.75) is 23.0 Å². The van der Waals surface area contributed by atoms with Crippen LogP contribution in [0, 0.1) is 0 Å². The first-order valence-electron chi connectivity index (χ1n) is 4.50. The van der Waals surface area contributed by atoms with Crippen LogP contribution in [0.1, 0.15) is 12.2 Å². The van der Waals surface area contributed by atoms with Crippen LogP contribution in [0.15, 0.2) is 5.16 Å². The number of aromatic nitrogens is 3. The highest BCUT2D eigenvalue weighted by Crippen LogP contribution is 2.32. The highest BCUT2D eigenvalue weighted by molar-refractivity contribution is 8.00. The van der Waals surface area contributed by atoms with Gasteiger partial charge in [0.15, 0.2) is 0 Å². The summed E-state index contributed by atoms with van der Waals surface area (Å²) >= 11 is 0.813. The van der Waals surface area contributed by atoms with Crippen molar-refractivity contribution in [1.29, 1.82) is 0 Å². The zero-order chi connectivity index (χ0) is 12.6. The summed E-state index contributed by atoms with van der Waals surface area (Å²) in [5.74, 6) is 3.43. The van der Waals surface area contributed by atoms with Crippen LogP contribution in [-0.4, -0.2) is 32.7 Å². The van der Waals surface area contributed by atoms with Gasteiger partial charge < -0.3 is 10.6 Å². The number of carbonyl (C=O) groups is 1. The number of halogens is 3. The molecule has 1 fully saturated rings. The predicted molar refractivity (Wildman–Crippen MR) is 50.4 cm³/mol. The second-order valence-corrected chi connectivity index (χ2v) is 4.41. The maximum atomic E-state index is 12.3. The van der Waals surface area contributed by atoms with Crippen LogP contribution in [0.3, 0.4) is 0 Å². The summed E-state index contributed by atoms with van der Waals surface area (Å²) in [5.41, 5.74) is 0. The fraction of sp³-hybridized carbons (Fsp3) is 0.571. The van der Waals surface area contributed by atoms with E-state index >= 15 is 0 Å². The fourth-order valence-corrected chi connectivity index (χ4v) is 2.18. The lowest BCUT2D eigenvalue weighted by Gasteiger charge is -2.07. The number of carbonyl (C=O) groups excluding carboxylic acids is 1. The van der Waals surface area contributed by atoms with Crippen LogP contribution in [0.2, 0.25) is 0 Å². The minimum Gasteiger partial charge on any atom is -0.465 e. The average Bonchev–Trinajstić information content (AvgIpc) is 2.75. The van der Waals surface area contributed by atoms with Crippen molar-refractivity contribution >= 4 is 17.7 Å². The normalized spacial score (nSPS) is 20.6. The molecular weight excluding hydrogens is 261 g/mol. The predicted octanol–water partition coefficient (Wildman–Crippen LogP) is 0.418. The molecule has 2 heterocycles. The number of nitrogens with zero attached hydrogens (tertiary/aromatic N) is 3. The molecule has 1 aromatic rings. The second kappa shape index (κ2) is 4.09. The highest BCUT2D eigenvalue weighted by Gasteiger charge is 2.39. The summed E-state index contributed by atoms with van der Waals surface area (Å²) in [7, 11) is 0. The van der Waals surface area contributed by atoms with E-state index in [9.17, 15) is 18.0 Å². The Balaban J connectivity index is 2.18. The van der Waals surface area contributed by atoms with Crippen molar-refractivity contribution < 1.29 is 22.7 Å². The first-order chi connectivity index (χ1) is 7.89. The Morgan fingerprint density at radius 3 is 2.65 bits per heavy atom. The fourth-order valence-electron chi connectivity index (χ4n) is 1.26. The highest BCUT2D eigenvalue weighted by atomic mass is 32.2. The van der Waals surface area contributed by atoms with Crippen LogP contribution in [0.4, 0.5) is 13.2 Å². The lowest BCUT2D eigenvalue weighted by Crippen LogP contribution is -2.22. The monoisotopic (exact) mass is 268 g/mol. The maximum absolute atomic E-state index is 12.3. The molecule has 0 aromatic carbocycles. The van der Waals surface area contributed by atoms with Gasteiger partial charge in [-0.3, -0.25) is 4.79 Å². The number of rotatable bonds is 2. The number of esters is 1. The second-order valence-electron chi connectivity index (χ2n) is 3.24. The van der Waals surface area contributed by atoms with Crippen molar-refractivity contribution in [1.82, 2.24) is 14.9 Å². The molecule has 0 unspecified atom stereocenters. The maximum Gasteiger partial charge on any atom is 0.453 e. The molecule has 1 atom stereocenters. The number of cyclic esters (lactones) is 1. The minimum atomic E-state index is -4.67. The number of ether oxygens (including phenoxy) is 1. The Morgan fingerprint density at radius 1 is 1.47 bits per heavy atom. The SMILES string of the molecule is Nn1c(S[C@@H]2CCOC2=O)nnc1C(F)(F)F. The molecule has 0 saturated carbocycles. The van der Waals surface area contributed by atoms with Gasteiger partial charge in [-0.1, -0.05) is 11.8 Å². The number of nitrogens with two attached hydrogens (primary N) is 1. The van der Waals surface area contributed by atoms with Gasteiger partial charge in [-0.25, -0.2) is 4.68 Å². The van der Waals surface area contributed by atoms with E-state index in [1.54, 1.807) is 0 Å². The third-order valence-electron chi connectivity index (χ3n) is 2.05. The number of alkyl halides is 3. The van der Waals surface area contributed by atoms with Gasteiger partial charge in [-0.05, 0) is 0 Å². The Morgan fingerprint density at radius 2 is 2.18 bits per heavy atom. The van der Waals surface area contributed by atoms with Gasteiger partial charge in [0.1, 0.15) is 5.25 Å². The quantitative estimate of drug-likeness (QED) is 0.618. The molecule has 0 amide bonds. The lowest BCUT2D eigenvalue weighted by molar-refractivity contribution is -0.146. The van der Waals surface area contributed by atoms with E-state index in [-0.39, 0.29) is 11.8 Å². The zero-order valence-electron chi connectivity index (χ0n) is 8.27.